The van der Waals surface area contributed by atoms with Crippen molar-refractivity contribution < 1.29 is 24.2 Å². The molecule has 182 valence electrons. The zero-order valence-electron chi connectivity index (χ0n) is 20.2. The molecule has 0 bridgehead atoms. The van der Waals surface area contributed by atoms with Crippen LogP contribution in [0.15, 0.2) is 0 Å². The van der Waals surface area contributed by atoms with Crippen molar-refractivity contribution in [3.05, 3.63) is 0 Å². The molecule has 0 aliphatic heterocycles. The molecule has 0 radical (unpaired) electrons. The predicted octanol–water partition coefficient (Wildman–Crippen LogP) is 3.87. The van der Waals surface area contributed by atoms with Gasteiger partial charge in [0.05, 0.1) is 7.11 Å². The minimum Gasteiger partial charge on any atom is -0.468 e. The van der Waals surface area contributed by atoms with E-state index in [1.165, 1.54) is 64.9 Å². The van der Waals surface area contributed by atoms with Crippen molar-refractivity contribution in [2.75, 3.05) is 13.7 Å². The minimum absolute atomic E-state index is 0.180. The fourth-order valence-electron chi connectivity index (χ4n) is 3.44. The van der Waals surface area contributed by atoms with Gasteiger partial charge in [-0.25, -0.2) is 0 Å². The van der Waals surface area contributed by atoms with E-state index >= 15 is 0 Å². The van der Waals surface area contributed by atoms with Crippen molar-refractivity contribution in [1.29, 1.82) is 0 Å². The number of hydrogen-bond donors (Lipinski definition) is 3. The number of methoxy groups -OCH3 is 1. The summed E-state index contributed by atoms with van der Waals surface area (Å²) in [6.45, 7) is 5.57. The van der Waals surface area contributed by atoms with E-state index in [2.05, 4.69) is 22.3 Å². The molecule has 0 aromatic rings. The van der Waals surface area contributed by atoms with Crippen LogP contribution in [0, 0.1) is 5.92 Å². The van der Waals surface area contributed by atoms with E-state index in [4.69, 9.17) is 0 Å². The molecule has 0 fully saturated rings. The van der Waals surface area contributed by atoms with Gasteiger partial charge in [0, 0.05) is 0 Å². The Morgan fingerprint density at radius 2 is 1.29 bits per heavy atom. The lowest BCUT2D eigenvalue weighted by Gasteiger charge is -2.23. The van der Waals surface area contributed by atoms with E-state index in [1.54, 1.807) is 13.8 Å². The quantitative estimate of drug-likeness (QED) is 0.208. The summed E-state index contributed by atoms with van der Waals surface area (Å²) in [5, 5.41) is 15.2. The van der Waals surface area contributed by atoms with E-state index in [-0.39, 0.29) is 12.5 Å². The summed E-state index contributed by atoms with van der Waals surface area (Å²) >= 11 is 0. The fraction of sp³-hybridized carbons (Fsp3) is 0.875. The molecule has 31 heavy (non-hydrogen) atoms. The van der Waals surface area contributed by atoms with Gasteiger partial charge in [-0.05, 0) is 12.3 Å². The molecule has 0 aliphatic carbocycles. The summed E-state index contributed by atoms with van der Waals surface area (Å²) < 4.78 is 4.49. The summed E-state index contributed by atoms with van der Waals surface area (Å²) in [6, 6.07) is -0.811. The van der Waals surface area contributed by atoms with Crippen molar-refractivity contribution in [2.45, 2.75) is 116 Å². The lowest BCUT2D eigenvalue weighted by Crippen LogP contribution is -2.52. The molecule has 0 heterocycles. The van der Waals surface area contributed by atoms with Gasteiger partial charge in [-0.3, -0.25) is 14.4 Å². The Morgan fingerprint density at radius 1 is 0.806 bits per heavy atom. The molecule has 3 N–H and O–H groups in total. The highest BCUT2D eigenvalue weighted by Crippen LogP contribution is 2.13. The van der Waals surface area contributed by atoms with Gasteiger partial charge in [-0.2, -0.15) is 0 Å². The zero-order valence-corrected chi connectivity index (χ0v) is 20.2. The number of rotatable bonds is 19. The van der Waals surface area contributed by atoms with Crippen LogP contribution in [0.4, 0.5) is 0 Å². The molecule has 7 nitrogen and oxygen atoms in total. The van der Waals surface area contributed by atoms with Gasteiger partial charge in [0.1, 0.15) is 18.7 Å². The first-order valence-corrected chi connectivity index (χ1v) is 12.2. The number of ether oxygens (including phenoxy) is 1. The van der Waals surface area contributed by atoms with Crippen LogP contribution in [0.1, 0.15) is 104 Å². The Balaban J connectivity index is 3.93. The summed E-state index contributed by atoms with van der Waals surface area (Å²) in [5.74, 6) is -1.75. The second-order valence-electron chi connectivity index (χ2n) is 8.72. The number of carbonyl (C=O) groups is 3. The molecule has 2 atom stereocenters. The lowest BCUT2D eigenvalue weighted by molar-refractivity contribution is -0.141. The average molecular weight is 443 g/mol. The number of nitrogens with one attached hydrogen (secondary N) is 2. The first kappa shape index (κ1) is 29.4. The predicted molar refractivity (Wildman–Crippen MR) is 123 cm³/mol. The van der Waals surface area contributed by atoms with Crippen LogP contribution >= 0.6 is 0 Å². The Kier molecular flexibility index (Phi) is 18.1. The topological polar surface area (TPSA) is 105 Å². The molecular formula is C24H46N2O5. The molecule has 0 rings (SSSR count). The SMILES string of the molecule is CCCCCCCCCCCCCC[C@H](O)C(=O)NC(C(=O)NCC(=O)OC)C(C)C. The van der Waals surface area contributed by atoms with Crippen molar-refractivity contribution in [1.82, 2.24) is 10.6 Å². The molecule has 1 unspecified atom stereocenters. The van der Waals surface area contributed by atoms with Crippen LogP contribution in [-0.4, -0.2) is 48.7 Å². The molecule has 7 heteroatoms. The normalized spacial score (nSPS) is 13.0. The van der Waals surface area contributed by atoms with E-state index < -0.39 is 29.9 Å². The van der Waals surface area contributed by atoms with Crippen LogP contribution in [0.2, 0.25) is 0 Å². The zero-order chi connectivity index (χ0) is 23.5. The average Bonchev–Trinajstić information content (AvgIpc) is 2.75. The molecule has 2 amide bonds. The number of hydrogen-bond acceptors (Lipinski definition) is 5. The molecule has 0 saturated heterocycles. The summed E-state index contributed by atoms with van der Waals surface area (Å²) in [7, 11) is 1.24. The van der Waals surface area contributed by atoms with Crippen molar-refractivity contribution >= 4 is 17.8 Å². The number of carbonyl (C=O) groups excluding carboxylic acids is 3. The molecular weight excluding hydrogens is 396 g/mol. The number of aliphatic hydroxyl groups is 1. The molecule has 0 aromatic heterocycles. The summed E-state index contributed by atoms with van der Waals surface area (Å²) in [6.07, 6.45) is 14.0. The third-order valence-corrected chi connectivity index (χ3v) is 5.52. The summed E-state index contributed by atoms with van der Waals surface area (Å²) in [5.41, 5.74) is 0. The maximum atomic E-state index is 12.3. The Morgan fingerprint density at radius 3 is 1.74 bits per heavy atom. The van der Waals surface area contributed by atoms with E-state index in [0.717, 1.165) is 19.3 Å². The third kappa shape index (κ3) is 15.8. The van der Waals surface area contributed by atoms with Gasteiger partial charge in [0.15, 0.2) is 0 Å². The monoisotopic (exact) mass is 442 g/mol. The van der Waals surface area contributed by atoms with Crippen LogP contribution < -0.4 is 10.6 Å². The lowest BCUT2D eigenvalue weighted by atomic mass is 10.0. The second kappa shape index (κ2) is 19.1. The molecule has 0 aliphatic rings. The van der Waals surface area contributed by atoms with Gasteiger partial charge in [-0.1, -0.05) is 97.8 Å². The number of esters is 1. The van der Waals surface area contributed by atoms with Gasteiger partial charge < -0.3 is 20.5 Å². The van der Waals surface area contributed by atoms with Crippen LogP contribution in [0.25, 0.3) is 0 Å². The largest absolute Gasteiger partial charge is 0.468 e. The minimum atomic E-state index is -1.13. The highest BCUT2D eigenvalue weighted by atomic mass is 16.5. The Hall–Kier alpha value is -1.63. The van der Waals surface area contributed by atoms with Crippen LogP contribution in [0.5, 0.6) is 0 Å². The number of unbranched alkanes of at least 4 members (excludes halogenated alkanes) is 11. The van der Waals surface area contributed by atoms with Gasteiger partial charge in [-0.15, -0.1) is 0 Å². The van der Waals surface area contributed by atoms with E-state index in [0.29, 0.717) is 6.42 Å². The van der Waals surface area contributed by atoms with Gasteiger partial charge in [0.2, 0.25) is 11.8 Å². The second-order valence-corrected chi connectivity index (χ2v) is 8.72. The maximum Gasteiger partial charge on any atom is 0.325 e. The molecule has 0 spiro atoms. The third-order valence-electron chi connectivity index (χ3n) is 5.52. The first-order valence-electron chi connectivity index (χ1n) is 12.2. The first-order chi connectivity index (χ1) is 14.8. The van der Waals surface area contributed by atoms with Gasteiger partial charge in [0.25, 0.3) is 0 Å². The van der Waals surface area contributed by atoms with Crippen molar-refractivity contribution in [2.24, 2.45) is 5.92 Å². The number of amides is 2. The van der Waals surface area contributed by atoms with Crippen molar-refractivity contribution in [3.8, 4) is 0 Å². The smallest absolute Gasteiger partial charge is 0.325 e. The Labute approximate surface area is 189 Å². The van der Waals surface area contributed by atoms with Crippen LogP contribution in [-0.2, 0) is 19.1 Å². The van der Waals surface area contributed by atoms with Crippen LogP contribution in [0.3, 0.4) is 0 Å². The molecule has 0 saturated carbocycles. The maximum absolute atomic E-state index is 12.3. The highest BCUT2D eigenvalue weighted by Gasteiger charge is 2.27. The van der Waals surface area contributed by atoms with E-state index in [1.807, 2.05) is 0 Å². The summed E-state index contributed by atoms with van der Waals surface area (Å²) in [4.78, 5) is 35.6. The van der Waals surface area contributed by atoms with Gasteiger partial charge >= 0.3 is 5.97 Å². The van der Waals surface area contributed by atoms with Crippen molar-refractivity contribution in [3.63, 3.8) is 0 Å². The Bertz CT molecular complexity index is 496. The molecule has 0 aromatic carbocycles. The number of aliphatic hydroxyl groups excluding tert-OH is 1. The highest BCUT2D eigenvalue weighted by molar-refractivity contribution is 5.90. The fourth-order valence-corrected chi connectivity index (χ4v) is 3.44. The standard InChI is InChI=1S/C24H46N2O5/c1-5-6-7-8-9-10-11-12-13-14-15-16-17-20(27)23(29)26-22(19(2)3)24(30)25-18-21(28)31-4/h19-20,22,27H,5-18H2,1-4H3,(H,25,30)(H,26,29)/t20-,22?/m0/s1. The van der Waals surface area contributed by atoms with E-state index in [9.17, 15) is 19.5 Å².